The molecule has 1 saturated heterocycles. The van der Waals surface area contributed by atoms with E-state index >= 15 is 0 Å². The number of aliphatic hydroxyl groups excluding tert-OH is 3. The number of aliphatic hydroxyl groups is 4. The molecule has 1 amide bonds. The van der Waals surface area contributed by atoms with Gasteiger partial charge in [-0.25, -0.2) is 4.79 Å². The normalized spacial score (nSPS) is 32.5. The summed E-state index contributed by atoms with van der Waals surface area (Å²) in [5.41, 5.74) is 0. The van der Waals surface area contributed by atoms with E-state index in [1.165, 1.54) is 0 Å². The lowest BCUT2D eigenvalue weighted by molar-refractivity contribution is -0.296. The lowest BCUT2D eigenvalue weighted by Crippen LogP contribution is -2.67. The summed E-state index contributed by atoms with van der Waals surface area (Å²) in [4.78, 5) is 33.8. The van der Waals surface area contributed by atoms with Crippen LogP contribution in [-0.4, -0.2) is 86.2 Å². The van der Waals surface area contributed by atoms with Crippen LogP contribution in [0.3, 0.4) is 0 Å². The van der Waals surface area contributed by atoms with Gasteiger partial charge in [0.15, 0.2) is 0 Å². The third-order valence-corrected chi connectivity index (χ3v) is 3.50. The third kappa shape index (κ3) is 4.61. The van der Waals surface area contributed by atoms with Gasteiger partial charge in [-0.2, -0.15) is 0 Å². The van der Waals surface area contributed by atoms with E-state index in [1.54, 1.807) is 0 Å². The van der Waals surface area contributed by atoms with Crippen molar-refractivity contribution in [2.45, 2.75) is 56.5 Å². The summed E-state index contributed by atoms with van der Waals surface area (Å²) in [5, 5.41) is 50.1. The molecule has 0 radical (unpaired) electrons. The standard InChI is InChI=1S/C13H21NO10/c1-5(16)14-9-8(23-6(2)17)3-13(22,12(20)21)24-11(9)10(19)7(18)4-15/h7-11,15,18-19,22H,3-4H2,1-2H3,(H,14,16)(H,20,21). The fourth-order valence-corrected chi connectivity index (χ4v) is 2.44. The van der Waals surface area contributed by atoms with Crippen molar-refractivity contribution < 1.29 is 49.4 Å². The molecule has 24 heavy (non-hydrogen) atoms. The molecule has 11 heteroatoms. The monoisotopic (exact) mass is 351 g/mol. The summed E-state index contributed by atoms with van der Waals surface area (Å²) in [7, 11) is 0. The highest BCUT2D eigenvalue weighted by molar-refractivity contribution is 5.76. The Morgan fingerprint density at radius 1 is 1.33 bits per heavy atom. The van der Waals surface area contributed by atoms with Crippen LogP contribution in [-0.2, 0) is 23.9 Å². The topological polar surface area (TPSA) is 183 Å². The van der Waals surface area contributed by atoms with Crippen molar-refractivity contribution in [1.82, 2.24) is 5.32 Å². The first-order valence-corrected chi connectivity index (χ1v) is 7.06. The molecular formula is C13H21NO10. The van der Waals surface area contributed by atoms with Crippen LogP contribution in [0.1, 0.15) is 20.3 Å². The maximum atomic E-state index is 11.4. The zero-order valence-corrected chi connectivity index (χ0v) is 13.1. The zero-order valence-electron chi connectivity index (χ0n) is 13.1. The van der Waals surface area contributed by atoms with Gasteiger partial charge in [0.1, 0.15) is 24.4 Å². The molecule has 0 aromatic heterocycles. The first-order chi connectivity index (χ1) is 11.0. The Bertz CT molecular complexity index is 497. The zero-order chi connectivity index (χ0) is 18.7. The van der Waals surface area contributed by atoms with Gasteiger partial charge in [0.2, 0.25) is 5.91 Å². The lowest BCUT2D eigenvalue weighted by Gasteiger charge is -2.45. The Morgan fingerprint density at radius 3 is 2.33 bits per heavy atom. The smallest absolute Gasteiger partial charge is 0.364 e. The molecule has 0 aliphatic carbocycles. The number of amides is 1. The maximum Gasteiger partial charge on any atom is 0.364 e. The number of esters is 1. The fraction of sp³-hybridized carbons (Fsp3) is 0.769. The van der Waals surface area contributed by atoms with E-state index in [9.17, 15) is 29.7 Å². The Labute approximate surface area is 136 Å². The van der Waals surface area contributed by atoms with Gasteiger partial charge in [0.25, 0.3) is 5.79 Å². The number of nitrogens with one attached hydrogen (secondary N) is 1. The highest BCUT2D eigenvalue weighted by atomic mass is 16.7. The minimum Gasteiger partial charge on any atom is -0.477 e. The van der Waals surface area contributed by atoms with Gasteiger partial charge in [0.05, 0.1) is 19.1 Å². The van der Waals surface area contributed by atoms with Gasteiger partial charge in [-0.15, -0.1) is 0 Å². The molecule has 1 rings (SSSR count). The van der Waals surface area contributed by atoms with E-state index < -0.39 is 67.1 Å². The second kappa shape index (κ2) is 7.85. The number of rotatable bonds is 6. The van der Waals surface area contributed by atoms with Crippen molar-refractivity contribution in [3.8, 4) is 0 Å². The SMILES string of the molecule is CC(=O)NC1C(OC(C)=O)CC(O)(C(=O)O)OC1C(O)C(O)CO. The van der Waals surface area contributed by atoms with Crippen LogP contribution in [0.4, 0.5) is 0 Å². The summed E-state index contributed by atoms with van der Waals surface area (Å²) in [6.45, 7) is 1.26. The molecule has 6 unspecified atom stereocenters. The Balaban J connectivity index is 3.25. The van der Waals surface area contributed by atoms with E-state index in [4.69, 9.17) is 19.7 Å². The van der Waals surface area contributed by atoms with Gasteiger partial charge in [-0.3, -0.25) is 9.59 Å². The van der Waals surface area contributed by atoms with Crippen LogP contribution in [0, 0.1) is 0 Å². The second-order valence-electron chi connectivity index (χ2n) is 5.49. The number of carbonyl (C=O) groups is 3. The highest BCUT2D eigenvalue weighted by Crippen LogP contribution is 2.32. The first kappa shape index (κ1) is 20.3. The van der Waals surface area contributed by atoms with Crippen molar-refractivity contribution in [1.29, 1.82) is 0 Å². The van der Waals surface area contributed by atoms with Crippen molar-refractivity contribution >= 4 is 17.8 Å². The predicted octanol–water partition coefficient (Wildman–Crippen LogP) is -3.30. The summed E-state index contributed by atoms with van der Waals surface area (Å²) < 4.78 is 9.91. The molecule has 0 aromatic rings. The molecule has 0 bridgehead atoms. The van der Waals surface area contributed by atoms with E-state index in [-0.39, 0.29) is 0 Å². The van der Waals surface area contributed by atoms with Crippen molar-refractivity contribution in [2.24, 2.45) is 0 Å². The average molecular weight is 351 g/mol. The van der Waals surface area contributed by atoms with Crippen molar-refractivity contribution in [2.75, 3.05) is 6.61 Å². The number of aliphatic carboxylic acids is 1. The second-order valence-corrected chi connectivity index (χ2v) is 5.49. The molecular weight excluding hydrogens is 330 g/mol. The Morgan fingerprint density at radius 2 is 1.92 bits per heavy atom. The number of carbonyl (C=O) groups excluding carboxylic acids is 2. The average Bonchev–Trinajstić information content (AvgIpc) is 2.47. The van der Waals surface area contributed by atoms with E-state index in [0.717, 1.165) is 13.8 Å². The van der Waals surface area contributed by atoms with Gasteiger partial charge in [0, 0.05) is 13.8 Å². The summed E-state index contributed by atoms with van der Waals surface area (Å²) in [6.07, 6.45) is -7.37. The quantitative estimate of drug-likeness (QED) is 0.265. The minimum atomic E-state index is -2.82. The van der Waals surface area contributed by atoms with Crippen molar-refractivity contribution in [3.05, 3.63) is 0 Å². The molecule has 0 aromatic carbocycles. The first-order valence-electron chi connectivity index (χ1n) is 7.06. The highest BCUT2D eigenvalue weighted by Gasteiger charge is 2.55. The number of hydrogen-bond acceptors (Lipinski definition) is 9. The molecule has 1 aliphatic rings. The minimum absolute atomic E-state index is 0.614. The van der Waals surface area contributed by atoms with Gasteiger partial charge < -0.3 is 40.3 Å². The molecule has 6 atom stereocenters. The van der Waals surface area contributed by atoms with Crippen LogP contribution < -0.4 is 5.32 Å². The van der Waals surface area contributed by atoms with E-state index in [2.05, 4.69) is 5.32 Å². The molecule has 11 nitrogen and oxygen atoms in total. The number of carboxylic acids is 1. The lowest BCUT2D eigenvalue weighted by atomic mass is 9.88. The van der Waals surface area contributed by atoms with Crippen LogP contribution in [0.5, 0.6) is 0 Å². The number of ether oxygens (including phenoxy) is 2. The predicted molar refractivity (Wildman–Crippen MR) is 74.3 cm³/mol. The van der Waals surface area contributed by atoms with Crippen LogP contribution in [0.15, 0.2) is 0 Å². The number of hydrogen-bond donors (Lipinski definition) is 6. The van der Waals surface area contributed by atoms with E-state index in [1.807, 2.05) is 0 Å². The molecule has 1 heterocycles. The Kier molecular flexibility index (Phi) is 6.63. The van der Waals surface area contributed by atoms with Gasteiger partial charge in [-0.1, -0.05) is 0 Å². The van der Waals surface area contributed by atoms with Crippen LogP contribution in [0.2, 0.25) is 0 Å². The Hall–Kier alpha value is -1.79. The maximum absolute atomic E-state index is 11.4. The summed E-state index contributed by atoms with van der Waals surface area (Å²) >= 11 is 0. The summed E-state index contributed by atoms with van der Waals surface area (Å²) in [6, 6.07) is -1.26. The molecule has 0 saturated carbocycles. The van der Waals surface area contributed by atoms with Gasteiger partial charge >= 0.3 is 11.9 Å². The number of carboxylic acid groups (broad SMARTS) is 1. The van der Waals surface area contributed by atoms with Crippen molar-refractivity contribution in [3.63, 3.8) is 0 Å². The van der Waals surface area contributed by atoms with Crippen LogP contribution in [0.25, 0.3) is 0 Å². The van der Waals surface area contributed by atoms with E-state index in [0.29, 0.717) is 0 Å². The molecule has 1 fully saturated rings. The largest absolute Gasteiger partial charge is 0.477 e. The van der Waals surface area contributed by atoms with Crippen LogP contribution >= 0.6 is 0 Å². The fourth-order valence-electron chi connectivity index (χ4n) is 2.44. The molecule has 6 N–H and O–H groups in total. The van der Waals surface area contributed by atoms with Gasteiger partial charge in [-0.05, 0) is 0 Å². The molecule has 1 aliphatic heterocycles. The molecule has 138 valence electrons. The third-order valence-electron chi connectivity index (χ3n) is 3.50. The molecule has 0 spiro atoms. The summed E-state index contributed by atoms with van der Waals surface area (Å²) in [5.74, 6) is -6.06.